The van der Waals surface area contributed by atoms with Gasteiger partial charge in [0.05, 0.1) is 29.6 Å². The Morgan fingerprint density at radius 1 is 1.32 bits per heavy atom. The van der Waals surface area contributed by atoms with Crippen LogP contribution in [0.4, 0.5) is 0 Å². The molecule has 0 aliphatic carbocycles. The molecule has 0 spiro atoms. The van der Waals surface area contributed by atoms with Crippen LogP contribution in [0.5, 0.6) is 11.5 Å². The van der Waals surface area contributed by atoms with E-state index in [4.69, 9.17) is 21.1 Å². The number of aromatic nitrogens is 1. The molecule has 7 heteroatoms. The van der Waals surface area contributed by atoms with Gasteiger partial charge in [-0.25, -0.2) is 0 Å². The van der Waals surface area contributed by atoms with E-state index < -0.39 is 5.97 Å². The molecule has 0 aliphatic rings. The summed E-state index contributed by atoms with van der Waals surface area (Å²) in [6, 6.07) is 8.08. The van der Waals surface area contributed by atoms with E-state index in [1.54, 1.807) is 35.8 Å². The number of hydrogen-bond acceptors (Lipinski definition) is 5. The molecular formula is C18H16ClNO5. The molecule has 3 aromatic rings. The zero-order valence-electron chi connectivity index (χ0n) is 13.7. The first-order chi connectivity index (χ1) is 12.0. The SMILES string of the molecule is CCOC(=O)Cn1c2ccccc2c(=O)c2c(O)cc(Cl)c(OC)c21. The topological polar surface area (TPSA) is 77.8 Å². The van der Waals surface area contributed by atoms with E-state index in [0.29, 0.717) is 10.9 Å². The van der Waals surface area contributed by atoms with Gasteiger partial charge in [0.2, 0.25) is 5.43 Å². The number of carbonyl (C=O) groups excluding carboxylic acids is 1. The molecule has 1 heterocycles. The van der Waals surface area contributed by atoms with E-state index in [1.807, 2.05) is 0 Å². The Balaban J connectivity index is 2.52. The predicted molar refractivity (Wildman–Crippen MR) is 95.6 cm³/mol. The highest BCUT2D eigenvalue weighted by Crippen LogP contribution is 2.38. The lowest BCUT2D eigenvalue weighted by atomic mass is 10.1. The molecule has 0 saturated carbocycles. The van der Waals surface area contributed by atoms with Crippen molar-refractivity contribution in [1.82, 2.24) is 4.57 Å². The number of benzene rings is 2. The molecule has 0 bridgehead atoms. The minimum absolute atomic E-state index is 0.0456. The molecule has 6 nitrogen and oxygen atoms in total. The minimum atomic E-state index is -0.473. The molecule has 1 aromatic heterocycles. The number of phenols is 1. The summed E-state index contributed by atoms with van der Waals surface area (Å²) < 4.78 is 12.0. The lowest BCUT2D eigenvalue weighted by Crippen LogP contribution is -2.18. The van der Waals surface area contributed by atoms with E-state index >= 15 is 0 Å². The highest BCUT2D eigenvalue weighted by molar-refractivity contribution is 6.33. The van der Waals surface area contributed by atoms with E-state index in [0.717, 1.165) is 0 Å². The van der Waals surface area contributed by atoms with Gasteiger partial charge < -0.3 is 19.1 Å². The van der Waals surface area contributed by atoms with Gasteiger partial charge in [-0.1, -0.05) is 23.7 Å². The lowest BCUT2D eigenvalue weighted by molar-refractivity contribution is -0.143. The fourth-order valence-corrected chi connectivity index (χ4v) is 3.21. The maximum atomic E-state index is 12.9. The van der Waals surface area contributed by atoms with Crippen molar-refractivity contribution in [1.29, 1.82) is 0 Å². The summed E-state index contributed by atoms with van der Waals surface area (Å²) >= 11 is 6.17. The molecular weight excluding hydrogens is 346 g/mol. The third-order valence-corrected chi connectivity index (χ3v) is 4.20. The van der Waals surface area contributed by atoms with Crippen LogP contribution in [0.25, 0.3) is 21.8 Å². The second-order valence-corrected chi connectivity index (χ2v) is 5.78. The van der Waals surface area contributed by atoms with Crippen molar-refractivity contribution >= 4 is 39.4 Å². The minimum Gasteiger partial charge on any atom is -0.507 e. The number of fused-ring (bicyclic) bond motifs is 2. The molecule has 2 aromatic carbocycles. The number of hydrogen-bond donors (Lipinski definition) is 1. The first-order valence-corrected chi connectivity index (χ1v) is 8.03. The van der Waals surface area contributed by atoms with Crippen molar-refractivity contribution < 1.29 is 19.4 Å². The molecule has 130 valence electrons. The molecule has 0 radical (unpaired) electrons. The predicted octanol–water partition coefficient (Wildman–Crippen LogP) is 3.09. The number of nitrogens with zero attached hydrogens (tertiary/aromatic N) is 1. The van der Waals surface area contributed by atoms with Crippen LogP contribution < -0.4 is 10.2 Å². The first-order valence-electron chi connectivity index (χ1n) is 7.65. The van der Waals surface area contributed by atoms with E-state index in [2.05, 4.69) is 0 Å². The lowest BCUT2D eigenvalue weighted by Gasteiger charge is -2.18. The molecule has 0 atom stereocenters. The Labute approximate surface area is 148 Å². The second-order valence-electron chi connectivity index (χ2n) is 5.37. The second kappa shape index (κ2) is 6.64. The van der Waals surface area contributed by atoms with Crippen molar-refractivity contribution in [3.63, 3.8) is 0 Å². The van der Waals surface area contributed by atoms with Gasteiger partial charge in [-0.15, -0.1) is 0 Å². The van der Waals surface area contributed by atoms with Gasteiger partial charge in [0, 0.05) is 11.5 Å². The molecule has 25 heavy (non-hydrogen) atoms. The number of halogens is 1. The Morgan fingerprint density at radius 3 is 2.72 bits per heavy atom. The molecule has 0 unspecified atom stereocenters. The smallest absolute Gasteiger partial charge is 0.325 e. The number of pyridine rings is 1. The summed E-state index contributed by atoms with van der Waals surface area (Å²) in [7, 11) is 1.41. The summed E-state index contributed by atoms with van der Waals surface area (Å²) in [5.41, 5.74) is 0.412. The van der Waals surface area contributed by atoms with Crippen LogP contribution in [0.15, 0.2) is 35.1 Å². The fraction of sp³-hybridized carbons (Fsp3) is 0.222. The van der Waals surface area contributed by atoms with E-state index in [1.165, 1.54) is 13.2 Å². The van der Waals surface area contributed by atoms with Gasteiger partial charge in [0.15, 0.2) is 5.75 Å². The maximum absolute atomic E-state index is 12.9. The average Bonchev–Trinajstić information content (AvgIpc) is 2.58. The zero-order chi connectivity index (χ0) is 18.1. The van der Waals surface area contributed by atoms with Crippen LogP contribution >= 0.6 is 11.6 Å². The molecule has 0 aliphatic heterocycles. The van der Waals surface area contributed by atoms with Gasteiger partial charge in [-0.2, -0.15) is 0 Å². The number of methoxy groups -OCH3 is 1. The number of aromatic hydroxyl groups is 1. The van der Waals surface area contributed by atoms with Gasteiger partial charge in [0.1, 0.15) is 17.8 Å². The van der Waals surface area contributed by atoms with Crippen molar-refractivity contribution in [2.45, 2.75) is 13.5 Å². The zero-order valence-corrected chi connectivity index (χ0v) is 14.5. The average molecular weight is 362 g/mol. The number of carbonyl (C=O) groups is 1. The van der Waals surface area contributed by atoms with Crippen LogP contribution in [0, 0.1) is 0 Å². The first kappa shape index (κ1) is 17.1. The number of phenolic OH excluding ortho intramolecular Hbond substituents is 1. The third-order valence-electron chi connectivity index (χ3n) is 3.92. The van der Waals surface area contributed by atoms with Crippen molar-refractivity contribution in [3.05, 3.63) is 45.6 Å². The molecule has 0 fully saturated rings. The molecule has 0 amide bonds. The number of para-hydroxylation sites is 1. The Bertz CT molecular complexity index is 1040. The monoisotopic (exact) mass is 361 g/mol. The standard InChI is InChI=1S/C18H16ClNO5/c1-3-25-14(22)9-20-12-7-5-4-6-10(12)17(23)15-13(21)8-11(19)18(24-2)16(15)20/h4-8,21H,3,9H2,1-2H3. The van der Waals surface area contributed by atoms with Crippen LogP contribution in [-0.4, -0.2) is 29.4 Å². The Morgan fingerprint density at radius 2 is 2.04 bits per heavy atom. The number of esters is 1. The highest BCUT2D eigenvalue weighted by atomic mass is 35.5. The highest BCUT2D eigenvalue weighted by Gasteiger charge is 2.21. The molecule has 0 saturated heterocycles. The summed E-state index contributed by atoms with van der Waals surface area (Å²) in [6.07, 6.45) is 0. The van der Waals surface area contributed by atoms with Crippen LogP contribution in [0.2, 0.25) is 5.02 Å². The fourth-order valence-electron chi connectivity index (χ4n) is 2.94. The largest absolute Gasteiger partial charge is 0.507 e. The van der Waals surface area contributed by atoms with Gasteiger partial charge >= 0.3 is 5.97 Å². The van der Waals surface area contributed by atoms with Crippen molar-refractivity contribution in [2.75, 3.05) is 13.7 Å². The summed E-state index contributed by atoms with van der Waals surface area (Å²) in [5, 5.41) is 10.9. The van der Waals surface area contributed by atoms with Gasteiger partial charge in [-0.3, -0.25) is 9.59 Å². The van der Waals surface area contributed by atoms with Crippen LogP contribution in [0.3, 0.4) is 0 Å². The van der Waals surface area contributed by atoms with Crippen molar-refractivity contribution in [3.8, 4) is 11.5 Å². The van der Waals surface area contributed by atoms with Crippen LogP contribution in [-0.2, 0) is 16.1 Å². The summed E-state index contributed by atoms with van der Waals surface area (Å²) in [5.74, 6) is -0.532. The third kappa shape index (κ3) is 2.78. The Kier molecular flexibility index (Phi) is 4.55. The van der Waals surface area contributed by atoms with E-state index in [-0.39, 0.29) is 46.0 Å². The van der Waals surface area contributed by atoms with Crippen LogP contribution in [0.1, 0.15) is 6.92 Å². The normalized spacial score (nSPS) is 11.0. The summed E-state index contributed by atoms with van der Waals surface area (Å²) in [6.45, 7) is 1.79. The summed E-state index contributed by atoms with van der Waals surface area (Å²) in [4.78, 5) is 25.0. The quantitative estimate of drug-likeness (QED) is 0.570. The molecule has 1 N–H and O–H groups in total. The van der Waals surface area contributed by atoms with Crippen molar-refractivity contribution in [2.24, 2.45) is 0 Å². The molecule has 3 rings (SSSR count). The Hall–Kier alpha value is -2.73. The maximum Gasteiger partial charge on any atom is 0.325 e. The van der Waals surface area contributed by atoms with Gasteiger partial charge in [0.25, 0.3) is 0 Å². The number of ether oxygens (including phenoxy) is 2. The number of rotatable bonds is 4. The van der Waals surface area contributed by atoms with Gasteiger partial charge in [-0.05, 0) is 19.1 Å². The van der Waals surface area contributed by atoms with E-state index in [9.17, 15) is 14.7 Å².